The maximum atomic E-state index is 13.0. The molecule has 0 fully saturated rings. The van der Waals surface area contributed by atoms with Gasteiger partial charge in [0.15, 0.2) is 12.2 Å². The lowest BCUT2D eigenvalue weighted by Crippen LogP contribution is -2.30. The summed E-state index contributed by atoms with van der Waals surface area (Å²) < 4.78 is 68.0. The molecule has 0 spiro atoms. The van der Waals surface area contributed by atoms with Gasteiger partial charge in [-0.1, -0.05) is 273 Å². The minimum atomic E-state index is -4.95. The van der Waals surface area contributed by atoms with Gasteiger partial charge >= 0.3 is 39.5 Å². The van der Waals surface area contributed by atoms with Crippen molar-refractivity contribution in [3.05, 3.63) is 0 Å². The highest BCUT2D eigenvalue weighted by molar-refractivity contribution is 7.47. The minimum absolute atomic E-state index is 0.102. The molecular weight excluding hydrogens is 1130 g/mol. The van der Waals surface area contributed by atoms with Gasteiger partial charge in [0, 0.05) is 25.7 Å². The molecule has 0 saturated carbocycles. The summed E-state index contributed by atoms with van der Waals surface area (Å²) >= 11 is 0. The van der Waals surface area contributed by atoms with Crippen LogP contribution in [0.15, 0.2) is 0 Å². The summed E-state index contributed by atoms with van der Waals surface area (Å²) in [5, 5.41) is 10.5. The first-order valence-corrected chi connectivity index (χ1v) is 37.3. The first-order valence-electron chi connectivity index (χ1n) is 34.3. The van der Waals surface area contributed by atoms with Crippen molar-refractivity contribution < 1.29 is 80.2 Å². The standard InChI is InChI=1S/C66H128O17P2/c1-8-9-10-11-12-25-33-40-47-63(68)76-54-62(83-66(71)50-43-36-29-28-32-39-46-59(6)7)56-81-85(74,75)79-52-60(67)51-78-84(72,73)80-55-61(53-77-64(69)48-41-34-26-22-18-20-24-31-38-45-58(4)5)82-65(70)49-42-35-27-21-17-15-13-14-16-19-23-30-37-44-57(2)3/h57-62,67H,8-56H2,1-7H3,(H,72,73)(H,74,75)/t60-,61-,62-/m1/s1. The molecule has 0 aliphatic carbocycles. The van der Waals surface area contributed by atoms with Gasteiger partial charge in [-0.25, -0.2) is 9.13 Å². The van der Waals surface area contributed by atoms with Gasteiger partial charge in [-0.2, -0.15) is 0 Å². The molecule has 0 radical (unpaired) electrons. The molecular formula is C66H128O17P2. The van der Waals surface area contributed by atoms with E-state index in [1.165, 1.54) is 128 Å². The molecule has 0 aromatic heterocycles. The highest BCUT2D eigenvalue weighted by Gasteiger charge is 2.30. The smallest absolute Gasteiger partial charge is 0.462 e. The molecule has 0 bridgehead atoms. The van der Waals surface area contributed by atoms with Crippen LogP contribution in [-0.4, -0.2) is 96.7 Å². The van der Waals surface area contributed by atoms with E-state index in [-0.39, 0.29) is 25.7 Å². The van der Waals surface area contributed by atoms with Gasteiger partial charge in [-0.15, -0.1) is 0 Å². The van der Waals surface area contributed by atoms with Crippen LogP contribution >= 0.6 is 15.6 Å². The molecule has 0 amide bonds. The monoisotopic (exact) mass is 1250 g/mol. The van der Waals surface area contributed by atoms with E-state index in [0.717, 1.165) is 108 Å². The molecule has 0 rings (SSSR count). The van der Waals surface area contributed by atoms with Crippen molar-refractivity contribution in [2.45, 2.75) is 343 Å². The van der Waals surface area contributed by atoms with Crippen molar-refractivity contribution >= 4 is 39.5 Å². The minimum Gasteiger partial charge on any atom is -0.462 e. The van der Waals surface area contributed by atoms with Gasteiger partial charge in [-0.3, -0.25) is 37.3 Å². The first-order chi connectivity index (χ1) is 40.7. The predicted molar refractivity (Wildman–Crippen MR) is 340 cm³/mol. The molecule has 2 unspecified atom stereocenters. The average Bonchev–Trinajstić information content (AvgIpc) is 3.54. The largest absolute Gasteiger partial charge is 0.472 e. The number of unbranched alkanes of at least 4 members (excludes halogenated alkanes) is 32. The van der Waals surface area contributed by atoms with Gasteiger partial charge in [-0.05, 0) is 43.4 Å². The molecule has 17 nitrogen and oxygen atoms in total. The Bertz CT molecular complexity index is 1680. The Balaban J connectivity index is 5.21. The van der Waals surface area contributed by atoms with Crippen LogP contribution in [-0.2, 0) is 65.4 Å². The molecule has 0 aliphatic heterocycles. The zero-order valence-electron chi connectivity index (χ0n) is 55.1. The molecule has 0 aromatic rings. The maximum absolute atomic E-state index is 13.0. The van der Waals surface area contributed by atoms with E-state index in [1.807, 2.05) is 0 Å². The Labute approximate surface area is 517 Å². The van der Waals surface area contributed by atoms with Crippen LogP contribution in [0, 0.1) is 17.8 Å². The third kappa shape index (κ3) is 60.7. The number of ether oxygens (including phenoxy) is 4. The molecule has 5 atom stereocenters. The SMILES string of the molecule is CCCCCCCCCCC(=O)OC[C@H](COP(=O)(O)OC[C@H](O)COP(=O)(O)OC[C@@H](COC(=O)CCCCCCCCCCCC(C)C)OC(=O)CCCCCCCCCCCCCCCC(C)C)OC(=O)CCCCCCCCC(C)C. The van der Waals surface area contributed by atoms with Crippen molar-refractivity contribution in [1.82, 2.24) is 0 Å². The summed E-state index contributed by atoms with van der Waals surface area (Å²) in [6.07, 6.45) is 39.2. The quantitative estimate of drug-likeness (QED) is 0.0222. The van der Waals surface area contributed by atoms with Gasteiger partial charge in [0.1, 0.15) is 19.3 Å². The van der Waals surface area contributed by atoms with Crippen molar-refractivity contribution in [3.63, 3.8) is 0 Å². The Morgan fingerprint density at radius 2 is 0.541 bits per heavy atom. The van der Waals surface area contributed by atoms with Crippen LogP contribution in [0.3, 0.4) is 0 Å². The number of carbonyl (C=O) groups is 4. The number of hydrogen-bond donors (Lipinski definition) is 3. The summed E-state index contributed by atoms with van der Waals surface area (Å²) in [6.45, 7) is 11.7. The second-order valence-corrected chi connectivity index (χ2v) is 28.2. The fraction of sp³-hybridized carbons (Fsp3) is 0.939. The third-order valence-electron chi connectivity index (χ3n) is 15.1. The van der Waals surface area contributed by atoms with Crippen LogP contribution in [0.4, 0.5) is 0 Å². The van der Waals surface area contributed by atoms with E-state index in [0.29, 0.717) is 31.6 Å². The molecule has 0 heterocycles. The van der Waals surface area contributed by atoms with E-state index in [2.05, 4.69) is 48.5 Å². The van der Waals surface area contributed by atoms with Crippen molar-refractivity contribution in [1.29, 1.82) is 0 Å². The highest BCUT2D eigenvalue weighted by atomic mass is 31.2. The van der Waals surface area contributed by atoms with Crippen molar-refractivity contribution in [3.8, 4) is 0 Å². The van der Waals surface area contributed by atoms with Crippen molar-refractivity contribution in [2.75, 3.05) is 39.6 Å². The van der Waals surface area contributed by atoms with Crippen LogP contribution in [0.25, 0.3) is 0 Å². The summed E-state index contributed by atoms with van der Waals surface area (Å²) in [4.78, 5) is 72.2. The highest BCUT2D eigenvalue weighted by Crippen LogP contribution is 2.45. The summed E-state index contributed by atoms with van der Waals surface area (Å²) in [5.74, 6) is 0.0613. The second kappa shape index (κ2) is 57.2. The predicted octanol–water partition coefficient (Wildman–Crippen LogP) is 18.3. The van der Waals surface area contributed by atoms with E-state index in [4.69, 9.17) is 37.0 Å². The number of aliphatic hydroxyl groups is 1. The Morgan fingerprint density at radius 1 is 0.318 bits per heavy atom. The van der Waals surface area contributed by atoms with Crippen LogP contribution < -0.4 is 0 Å². The zero-order valence-corrected chi connectivity index (χ0v) is 56.9. The fourth-order valence-electron chi connectivity index (χ4n) is 9.83. The van der Waals surface area contributed by atoms with Gasteiger partial charge in [0.2, 0.25) is 0 Å². The van der Waals surface area contributed by atoms with E-state index in [1.54, 1.807) is 0 Å². The van der Waals surface area contributed by atoms with Crippen LogP contribution in [0.1, 0.15) is 325 Å². The second-order valence-electron chi connectivity index (χ2n) is 25.3. The van der Waals surface area contributed by atoms with E-state index in [9.17, 15) is 43.2 Å². The molecule has 0 aliphatic rings. The number of aliphatic hydroxyl groups excluding tert-OH is 1. The summed E-state index contributed by atoms with van der Waals surface area (Å²) in [5.41, 5.74) is 0. The van der Waals surface area contributed by atoms with Crippen molar-refractivity contribution in [2.24, 2.45) is 17.8 Å². The van der Waals surface area contributed by atoms with Crippen LogP contribution in [0.2, 0.25) is 0 Å². The molecule has 3 N–H and O–H groups in total. The average molecular weight is 1260 g/mol. The van der Waals surface area contributed by atoms with Gasteiger partial charge in [0.05, 0.1) is 26.4 Å². The molecule has 85 heavy (non-hydrogen) atoms. The lowest BCUT2D eigenvalue weighted by Gasteiger charge is -2.21. The number of esters is 4. The topological polar surface area (TPSA) is 237 Å². The van der Waals surface area contributed by atoms with Gasteiger partial charge < -0.3 is 33.8 Å². The zero-order chi connectivity index (χ0) is 63.1. The lowest BCUT2D eigenvalue weighted by atomic mass is 10.0. The van der Waals surface area contributed by atoms with E-state index < -0.39 is 97.5 Å². The number of hydrogen-bond acceptors (Lipinski definition) is 15. The maximum Gasteiger partial charge on any atom is 0.472 e. The normalized spacial score (nSPS) is 14.3. The number of phosphoric ester groups is 2. The lowest BCUT2D eigenvalue weighted by molar-refractivity contribution is -0.161. The Morgan fingerprint density at radius 3 is 0.800 bits per heavy atom. The summed E-state index contributed by atoms with van der Waals surface area (Å²) in [6, 6.07) is 0. The first kappa shape index (κ1) is 83.1. The summed E-state index contributed by atoms with van der Waals surface area (Å²) in [7, 11) is -9.89. The number of phosphoric acid groups is 2. The molecule has 0 aromatic carbocycles. The Kier molecular flexibility index (Phi) is 55.9. The van der Waals surface area contributed by atoms with Crippen LogP contribution in [0.5, 0.6) is 0 Å². The third-order valence-corrected chi connectivity index (χ3v) is 17.0. The fourth-order valence-corrected chi connectivity index (χ4v) is 11.4. The number of rotatable bonds is 64. The molecule has 19 heteroatoms. The van der Waals surface area contributed by atoms with Gasteiger partial charge in [0.25, 0.3) is 0 Å². The van der Waals surface area contributed by atoms with E-state index >= 15 is 0 Å². The molecule has 504 valence electrons. The Hall–Kier alpha value is -1.94. The number of carbonyl (C=O) groups excluding carboxylic acids is 4. The molecule has 0 saturated heterocycles.